The lowest BCUT2D eigenvalue weighted by Crippen LogP contribution is -2.50. The molecule has 2 atom stereocenters. The molecule has 0 aromatic carbocycles. The largest absolute Gasteiger partial charge is 0.394 e. The fourth-order valence-electron chi connectivity index (χ4n) is 3.57. The Morgan fingerprint density at radius 1 is 1.30 bits per heavy atom. The standard InChI is InChI=1S/C17H36N2O/c1-6-10-18-16(5,14-20)12-15(4)19-11-9-17(7-2,8-3)13-19/h15,18,20H,6-14H2,1-5H3. The number of rotatable bonds is 9. The van der Waals surface area contributed by atoms with Crippen LogP contribution in [0.5, 0.6) is 0 Å². The van der Waals surface area contributed by atoms with E-state index in [1.165, 1.54) is 32.4 Å². The quantitative estimate of drug-likeness (QED) is 0.683. The van der Waals surface area contributed by atoms with Gasteiger partial charge in [0.1, 0.15) is 0 Å². The summed E-state index contributed by atoms with van der Waals surface area (Å²) in [6.07, 6.45) is 6.05. The van der Waals surface area contributed by atoms with Crippen molar-refractivity contribution in [2.45, 2.75) is 78.3 Å². The van der Waals surface area contributed by atoms with Crippen molar-refractivity contribution in [3.8, 4) is 0 Å². The van der Waals surface area contributed by atoms with Gasteiger partial charge in [0.25, 0.3) is 0 Å². The number of likely N-dealkylation sites (tertiary alicyclic amines) is 1. The van der Waals surface area contributed by atoms with Gasteiger partial charge in [-0.15, -0.1) is 0 Å². The van der Waals surface area contributed by atoms with Gasteiger partial charge in [0.2, 0.25) is 0 Å². The molecular weight excluding hydrogens is 248 g/mol. The molecule has 0 spiro atoms. The topological polar surface area (TPSA) is 35.5 Å². The SMILES string of the molecule is CCCNC(C)(CO)CC(C)N1CCC(CC)(CC)C1. The van der Waals surface area contributed by atoms with Gasteiger partial charge in [0.05, 0.1) is 6.61 Å². The second kappa shape index (κ2) is 7.77. The first-order chi connectivity index (χ1) is 9.44. The van der Waals surface area contributed by atoms with E-state index in [2.05, 4.69) is 44.8 Å². The molecule has 20 heavy (non-hydrogen) atoms. The van der Waals surface area contributed by atoms with Gasteiger partial charge in [-0.05, 0) is 64.5 Å². The van der Waals surface area contributed by atoms with E-state index >= 15 is 0 Å². The van der Waals surface area contributed by atoms with Gasteiger partial charge in [0, 0.05) is 18.1 Å². The van der Waals surface area contributed by atoms with Gasteiger partial charge in [-0.25, -0.2) is 0 Å². The molecule has 0 aromatic rings. The molecule has 120 valence electrons. The van der Waals surface area contributed by atoms with E-state index in [-0.39, 0.29) is 12.1 Å². The average Bonchev–Trinajstić information content (AvgIpc) is 2.90. The van der Waals surface area contributed by atoms with Crippen LogP contribution in [0.1, 0.15) is 66.7 Å². The molecule has 0 saturated carbocycles. The number of hydrogen-bond donors (Lipinski definition) is 2. The summed E-state index contributed by atoms with van der Waals surface area (Å²) in [5.74, 6) is 0. The summed E-state index contributed by atoms with van der Waals surface area (Å²) in [4.78, 5) is 2.63. The molecule has 0 amide bonds. The molecular formula is C17H36N2O. The third-order valence-corrected chi connectivity index (χ3v) is 5.49. The van der Waals surface area contributed by atoms with Crippen LogP contribution in [0, 0.1) is 5.41 Å². The minimum Gasteiger partial charge on any atom is -0.394 e. The van der Waals surface area contributed by atoms with E-state index in [0.717, 1.165) is 19.4 Å². The number of nitrogens with one attached hydrogen (secondary N) is 1. The normalized spacial score (nSPS) is 23.7. The first-order valence-electron chi connectivity index (χ1n) is 8.54. The monoisotopic (exact) mass is 284 g/mol. The van der Waals surface area contributed by atoms with Gasteiger partial charge < -0.3 is 15.3 Å². The van der Waals surface area contributed by atoms with Crippen molar-refractivity contribution in [1.82, 2.24) is 10.2 Å². The van der Waals surface area contributed by atoms with Crippen molar-refractivity contribution in [1.29, 1.82) is 0 Å². The zero-order valence-electron chi connectivity index (χ0n) is 14.3. The summed E-state index contributed by atoms with van der Waals surface area (Å²) in [6.45, 7) is 15.0. The Hall–Kier alpha value is -0.120. The molecule has 0 radical (unpaired) electrons. The van der Waals surface area contributed by atoms with Crippen molar-refractivity contribution in [2.24, 2.45) is 5.41 Å². The first kappa shape index (κ1) is 17.9. The minimum atomic E-state index is -0.140. The zero-order chi connectivity index (χ0) is 15.2. The zero-order valence-corrected chi connectivity index (χ0v) is 14.3. The molecule has 2 unspecified atom stereocenters. The summed E-state index contributed by atoms with van der Waals surface area (Å²) in [5.41, 5.74) is 0.403. The molecule has 3 heteroatoms. The molecule has 1 heterocycles. The second-order valence-electron chi connectivity index (χ2n) is 7.13. The van der Waals surface area contributed by atoms with Crippen LogP contribution >= 0.6 is 0 Å². The van der Waals surface area contributed by atoms with E-state index in [1.807, 2.05) is 0 Å². The Balaban J connectivity index is 2.56. The lowest BCUT2D eigenvalue weighted by molar-refractivity contribution is 0.118. The Kier molecular flexibility index (Phi) is 6.96. The van der Waals surface area contributed by atoms with E-state index in [4.69, 9.17) is 0 Å². The fraction of sp³-hybridized carbons (Fsp3) is 1.00. The molecule has 1 aliphatic rings. The summed E-state index contributed by atoms with van der Waals surface area (Å²) in [6, 6.07) is 0.538. The Morgan fingerprint density at radius 3 is 2.40 bits per heavy atom. The van der Waals surface area contributed by atoms with Crippen LogP contribution in [-0.2, 0) is 0 Å². The number of aliphatic hydroxyl groups is 1. The van der Waals surface area contributed by atoms with Crippen LogP contribution in [0.4, 0.5) is 0 Å². The maximum absolute atomic E-state index is 9.72. The van der Waals surface area contributed by atoms with Gasteiger partial charge in [-0.3, -0.25) is 0 Å². The molecule has 3 nitrogen and oxygen atoms in total. The smallest absolute Gasteiger partial charge is 0.0611 e. The van der Waals surface area contributed by atoms with Crippen molar-refractivity contribution < 1.29 is 5.11 Å². The molecule has 1 aliphatic heterocycles. The Bertz CT molecular complexity index is 278. The Morgan fingerprint density at radius 2 is 1.95 bits per heavy atom. The molecule has 1 fully saturated rings. The maximum Gasteiger partial charge on any atom is 0.0611 e. The van der Waals surface area contributed by atoms with Gasteiger partial charge in [0.15, 0.2) is 0 Å². The summed E-state index contributed by atoms with van der Waals surface area (Å²) < 4.78 is 0. The van der Waals surface area contributed by atoms with Crippen LogP contribution in [-0.4, -0.2) is 47.8 Å². The van der Waals surface area contributed by atoms with Crippen molar-refractivity contribution in [3.05, 3.63) is 0 Å². The summed E-state index contributed by atoms with van der Waals surface area (Å²) in [5, 5.41) is 13.2. The van der Waals surface area contributed by atoms with Gasteiger partial charge in [-0.1, -0.05) is 20.8 Å². The van der Waals surface area contributed by atoms with Crippen molar-refractivity contribution >= 4 is 0 Å². The molecule has 0 aliphatic carbocycles. The van der Waals surface area contributed by atoms with E-state index in [9.17, 15) is 5.11 Å². The highest BCUT2D eigenvalue weighted by Crippen LogP contribution is 2.38. The highest BCUT2D eigenvalue weighted by atomic mass is 16.3. The molecule has 2 N–H and O–H groups in total. The van der Waals surface area contributed by atoms with E-state index in [0.29, 0.717) is 11.5 Å². The predicted molar refractivity (Wildman–Crippen MR) is 87.1 cm³/mol. The third-order valence-electron chi connectivity index (χ3n) is 5.49. The molecule has 0 bridgehead atoms. The molecule has 0 aromatic heterocycles. The van der Waals surface area contributed by atoms with E-state index < -0.39 is 0 Å². The third kappa shape index (κ3) is 4.44. The summed E-state index contributed by atoms with van der Waals surface area (Å²) in [7, 11) is 0. The minimum absolute atomic E-state index is 0.140. The first-order valence-corrected chi connectivity index (χ1v) is 8.54. The number of hydrogen-bond acceptors (Lipinski definition) is 3. The van der Waals surface area contributed by atoms with Crippen LogP contribution in [0.15, 0.2) is 0 Å². The number of aliphatic hydroxyl groups excluding tert-OH is 1. The van der Waals surface area contributed by atoms with Gasteiger partial charge in [-0.2, -0.15) is 0 Å². The molecule has 1 saturated heterocycles. The predicted octanol–water partition coefficient (Wildman–Crippen LogP) is 3.03. The lowest BCUT2D eigenvalue weighted by Gasteiger charge is -2.36. The van der Waals surface area contributed by atoms with Crippen molar-refractivity contribution in [2.75, 3.05) is 26.2 Å². The van der Waals surface area contributed by atoms with Gasteiger partial charge >= 0.3 is 0 Å². The van der Waals surface area contributed by atoms with Crippen LogP contribution < -0.4 is 5.32 Å². The van der Waals surface area contributed by atoms with Crippen molar-refractivity contribution in [3.63, 3.8) is 0 Å². The van der Waals surface area contributed by atoms with Crippen LogP contribution in [0.2, 0.25) is 0 Å². The lowest BCUT2D eigenvalue weighted by atomic mass is 9.82. The highest BCUT2D eigenvalue weighted by Gasteiger charge is 2.38. The average molecular weight is 284 g/mol. The van der Waals surface area contributed by atoms with Crippen LogP contribution in [0.25, 0.3) is 0 Å². The number of nitrogens with zero attached hydrogens (tertiary/aromatic N) is 1. The highest BCUT2D eigenvalue weighted by molar-refractivity contribution is 4.93. The second-order valence-corrected chi connectivity index (χ2v) is 7.13. The van der Waals surface area contributed by atoms with Crippen LogP contribution in [0.3, 0.4) is 0 Å². The Labute approximate surface area is 126 Å². The summed E-state index contributed by atoms with van der Waals surface area (Å²) >= 11 is 0. The fourth-order valence-corrected chi connectivity index (χ4v) is 3.57. The van der Waals surface area contributed by atoms with E-state index in [1.54, 1.807) is 0 Å². The maximum atomic E-state index is 9.72. The molecule has 1 rings (SSSR count).